The molecule has 1 atom stereocenters. The summed E-state index contributed by atoms with van der Waals surface area (Å²) in [6, 6.07) is 0.525. The summed E-state index contributed by atoms with van der Waals surface area (Å²) in [4.78, 5) is 6.59. The van der Waals surface area contributed by atoms with Crippen LogP contribution in [0, 0.1) is 0 Å². The van der Waals surface area contributed by atoms with E-state index >= 15 is 0 Å². The summed E-state index contributed by atoms with van der Waals surface area (Å²) in [5, 5.41) is 3.17. The number of nitrogens with zero attached hydrogens (tertiary/aromatic N) is 3. The van der Waals surface area contributed by atoms with Crippen LogP contribution in [0.5, 0.6) is 0 Å². The summed E-state index contributed by atoms with van der Waals surface area (Å²) >= 11 is 0. The maximum Gasteiger partial charge on any atom is 0.122 e. The zero-order valence-electron chi connectivity index (χ0n) is 9.49. The lowest BCUT2D eigenvalue weighted by atomic mass is 10.3. The van der Waals surface area contributed by atoms with Crippen molar-refractivity contribution in [2.75, 3.05) is 20.6 Å². The molecule has 4 nitrogen and oxygen atoms in total. The molecule has 1 aromatic heterocycles. The molecule has 1 N–H and O–H groups in total. The van der Waals surface area contributed by atoms with Gasteiger partial charge in [0.2, 0.25) is 0 Å². The normalized spacial score (nSPS) is 13.5. The van der Waals surface area contributed by atoms with E-state index in [9.17, 15) is 0 Å². The van der Waals surface area contributed by atoms with Crippen molar-refractivity contribution in [2.24, 2.45) is 7.05 Å². The molecule has 0 radical (unpaired) electrons. The molecule has 0 fully saturated rings. The van der Waals surface area contributed by atoms with Gasteiger partial charge in [-0.3, -0.25) is 4.90 Å². The molecule has 0 aliphatic rings. The van der Waals surface area contributed by atoms with Gasteiger partial charge in [0.1, 0.15) is 5.82 Å². The predicted octanol–water partition coefficient (Wildman–Crippen LogP) is 0.460. The summed E-state index contributed by atoms with van der Waals surface area (Å²) < 4.78 is 2.06. The van der Waals surface area contributed by atoms with Gasteiger partial charge >= 0.3 is 0 Å². The van der Waals surface area contributed by atoms with Crippen LogP contribution in [0.15, 0.2) is 12.4 Å². The van der Waals surface area contributed by atoms with Gasteiger partial charge in [-0.25, -0.2) is 4.98 Å². The molecule has 0 amide bonds. The van der Waals surface area contributed by atoms with Crippen molar-refractivity contribution >= 4 is 0 Å². The van der Waals surface area contributed by atoms with Crippen molar-refractivity contribution in [1.82, 2.24) is 19.8 Å². The Morgan fingerprint density at radius 3 is 2.86 bits per heavy atom. The number of imidazole rings is 1. The first-order valence-corrected chi connectivity index (χ1v) is 4.96. The number of rotatable bonds is 5. The van der Waals surface area contributed by atoms with E-state index in [1.165, 1.54) is 0 Å². The highest BCUT2D eigenvalue weighted by molar-refractivity contribution is 4.91. The zero-order chi connectivity index (χ0) is 10.6. The Bertz CT molecular complexity index is 269. The molecule has 0 aromatic carbocycles. The third-order valence-corrected chi connectivity index (χ3v) is 2.56. The number of hydrogen-bond acceptors (Lipinski definition) is 3. The SMILES string of the molecule is CNCC(C)N(C)Cc1nccn1C. The minimum Gasteiger partial charge on any atom is -0.337 e. The van der Waals surface area contributed by atoms with E-state index in [0.29, 0.717) is 6.04 Å². The molecule has 80 valence electrons. The Kier molecular flexibility index (Phi) is 4.10. The third-order valence-electron chi connectivity index (χ3n) is 2.56. The summed E-state index contributed by atoms with van der Waals surface area (Å²) in [5.74, 6) is 1.11. The molecule has 1 unspecified atom stereocenters. The second-order valence-corrected chi connectivity index (χ2v) is 3.78. The maximum absolute atomic E-state index is 4.30. The van der Waals surface area contributed by atoms with Crippen LogP contribution >= 0.6 is 0 Å². The molecule has 1 aromatic rings. The number of aromatic nitrogens is 2. The minimum atomic E-state index is 0.525. The first-order chi connectivity index (χ1) is 6.65. The van der Waals surface area contributed by atoms with E-state index in [0.717, 1.165) is 18.9 Å². The lowest BCUT2D eigenvalue weighted by molar-refractivity contribution is 0.238. The van der Waals surface area contributed by atoms with Gasteiger partial charge in [-0.05, 0) is 21.0 Å². The molecule has 0 spiro atoms. The van der Waals surface area contributed by atoms with E-state index in [-0.39, 0.29) is 0 Å². The Morgan fingerprint density at radius 2 is 2.36 bits per heavy atom. The first kappa shape index (κ1) is 11.2. The predicted molar refractivity (Wildman–Crippen MR) is 58.1 cm³/mol. The summed E-state index contributed by atoms with van der Waals surface area (Å²) in [7, 11) is 6.13. The second-order valence-electron chi connectivity index (χ2n) is 3.78. The summed E-state index contributed by atoms with van der Waals surface area (Å²) in [5.41, 5.74) is 0. The average molecular weight is 196 g/mol. The molecule has 0 saturated carbocycles. The number of hydrogen-bond donors (Lipinski definition) is 1. The van der Waals surface area contributed by atoms with Crippen LogP contribution in [0.3, 0.4) is 0 Å². The van der Waals surface area contributed by atoms with E-state index < -0.39 is 0 Å². The first-order valence-electron chi connectivity index (χ1n) is 4.96. The second kappa shape index (κ2) is 5.12. The van der Waals surface area contributed by atoms with Crippen molar-refractivity contribution in [3.63, 3.8) is 0 Å². The Balaban J connectivity index is 2.48. The van der Waals surface area contributed by atoms with Crippen molar-refractivity contribution in [2.45, 2.75) is 19.5 Å². The van der Waals surface area contributed by atoms with E-state index in [1.54, 1.807) is 0 Å². The fourth-order valence-corrected chi connectivity index (χ4v) is 1.38. The highest BCUT2D eigenvalue weighted by Gasteiger charge is 2.10. The van der Waals surface area contributed by atoms with Gasteiger partial charge in [0.15, 0.2) is 0 Å². The molecule has 0 aliphatic carbocycles. The van der Waals surface area contributed by atoms with E-state index in [1.807, 2.05) is 26.5 Å². The number of likely N-dealkylation sites (N-methyl/N-ethyl adjacent to an activating group) is 2. The Labute approximate surface area is 85.9 Å². The summed E-state index contributed by atoms with van der Waals surface area (Å²) in [6.45, 7) is 4.10. The maximum atomic E-state index is 4.30. The van der Waals surface area contributed by atoms with Gasteiger partial charge in [0.25, 0.3) is 0 Å². The van der Waals surface area contributed by atoms with Crippen LogP contribution in [0.4, 0.5) is 0 Å². The smallest absolute Gasteiger partial charge is 0.122 e. The molecule has 1 heterocycles. The topological polar surface area (TPSA) is 33.1 Å². The van der Waals surface area contributed by atoms with Crippen LogP contribution in [0.25, 0.3) is 0 Å². The van der Waals surface area contributed by atoms with Gasteiger partial charge in [-0.1, -0.05) is 0 Å². The van der Waals surface area contributed by atoms with Crippen molar-refractivity contribution in [3.8, 4) is 0 Å². The monoisotopic (exact) mass is 196 g/mol. The van der Waals surface area contributed by atoms with Gasteiger partial charge < -0.3 is 9.88 Å². The van der Waals surface area contributed by atoms with Crippen molar-refractivity contribution in [3.05, 3.63) is 18.2 Å². The molecular weight excluding hydrogens is 176 g/mol. The fraction of sp³-hybridized carbons (Fsp3) is 0.700. The van der Waals surface area contributed by atoms with Gasteiger partial charge in [-0.2, -0.15) is 0 Å². The number of aryl methyl sites for hydroxylation is 1. The van der Waals surface area contributed by atoms with Crippen LogP contribution in [0.2, 0.25) is 0 Å². The Hall–Kier alpha value is -0.870. The lowest BCUT2D eigenvalue weighted by Gasteiger charge is -2.23. The van der Waals surface area contributed by atoms with Gasteiger partial charge in [0, 0.05) is 32.0 Å². The van der Waals surface area contributed by atoms with E-state index in [2.05, 4.69) is 33.7 Å². The molecular formula is C10H20N4. The molecule has 0 bridgehead atoms. The van der Waals surface area contributed by atoms with Crippen LogP contribution in [-0.2, 0) is 13.6 Å². The highest BCUT2D eigenvalue weighted by Crippen LogP contribution is 2.02. The van der Waals surface area contributed by atoms with Crippen LogP contribution < -0.4 is 5.32 Å². The van der Waals surface area contributed by atoms with Gasteiger partial charge in [-0.15, -0.1) is 0 Å². The Morgan fingerprint density at radius 1 is 1.64 bits per heavy atom. The van der Waals surface area contributed by atoms with Crippen molar-refractivity contribution in [1.29, 1.82) is 0 Å². The standard InChI is InChI=1S/C10H20N4/c1-9(7-11-2)14(4)8-10-12-5-6-13(10)3/h5-6,9,11H,7-8H2,1-4H3. The van der Waals surface area contributed by atoms with Crippen molar-refractivity contribution < 1.29 is 0 Å². The quantitative estimate of drug-likeness (QED) is 0.742. The highest BCUT2D eigenvalue weighted by atomic mass is 15.2. The van der Waals surface area contributed by atoms with E-state index in [4.69, 9.17) is 0 Å². The van der Waals surface area contributed by atoms with Crippen LogP contribution in [-0.4, -0.2) is 41.1 Å². The van der Waals surface area contributed by atoms with Gasteiger partial charge in [0.05, 0.1) is 6.54 Å². The molecule has 1 rings (SSSR count). The molecule has 0 aliphatic heterocycles. The zero-order valence-corrected chi connectivity index (χ0v) is 9.49. The lowest BCUT2D eigenvalue weighted by Crippen LogP contribution is -2.36. The fourth-order valence-electron chi connectivity index (χ4n) is 1.38. The average Bonchev–Trinajstić information content (AvgIpc) is 2.52. The molecule has 0 saturated heterocycles. The summed E-state index contributed by atoms with van der Waals surface area (Å²) in [6.07, 6.45) is 3.82. The number of nitrogens with one attached hydrogen (secondary N) is 1. The van der Waals surface area contributed by atoms with Crippen LogP contribution in [0.1, 0.15) is 12.7 Å². The molecule has 14 heavy (non-hydrogen) atoms. The molecule has 4 heteroatoms. The minimum absolute atomic E-state index is 0.525. The third kappa shape index (κ3) is 2.82. The largest absolute Gasteiger partial charge is 0.337 e.